The lowest BCUT2D eigenvalue weighted by atomic mass is 9.77. The van der Waals surface area contributed by atoms with E-state index in [4.69, 9.17) is 24.2 Å². The van der Waals surface area contributed by atoms with Crippen LogP contribution in [0.1, 0.15) is 96.7 Å². The predicted octanol–water partition coefficient (Wildman–Crippen LogP) is 9.21. The highest BCUT2D eigenvalue weighted by atomic mass is 32.1. The number of hydrogen-bond donors (Lipinski definition) is 2. The Morgan fingerprint density at radius 1 is 1.08 bits per heavy atom. The van der Waals surface area contributed by atoms with Crippen LogP contribution in [0.3, 0.4) is 0 Å². The maximum atomic E-state index is 15.0. The largest absolute Gasteiger partial charge is 0.497 e. The quantitative estimate of drug-likeness (QED) is 0.0586. The number of ketones is 1. The molecular formula is C45H58N5O8PS2. The molecule has 0 bridgehead atoms. The molecule has 7 rings (SSSR count). The first-order valence-corrected chi connectivity index (χ1v) is 24.8. The Labute approximate surface area is 366 Å². The standard InChI is InChI=1S/C45H58N5O8PS2/c1-9-28-20-45(28,59(54,55)23-29-24-60-27(4)47-29)21-39(51)38-17-32(22-50(38)42(53)34(44(5,6)7)18-41(52)58-30-12-10-11-13-30)57-40-19-36(37-25-61-43(49-37)46-26(2)3)48-35-16-31(56-8)14-15-33(35)40/h9,14-16,19,24-26,28,30,32,34,38H,1,10-13,17-18,20-23H2,2-8H3,(H,46,49)(H,54,55)/t28-,32-,34?,38+,45-/m1/s1. The average Bonchev–Trinajstić information content (AvgIpc) is 3.76. The van der Waals surface area contributed by atoms with Gasteiger partial charge < -0.3 is 29.3 Å². The lowest BCUT2D eigenvalue weighted by Crippen LogP contribution is -2.48. The van der Waals surface area contributed by atoms with Crippen LogP contribution in [0.25, 0.3) is 22.3 Å². The number of pyridine rings is 1. The van der Waals surface area contributed by atoms with Gasteiger partial charge in [-0.15, -0.1) is 29.3 Å². The smallest absolute Gasteiger partial charge is 0.306 e. The number of amides is 1. The summed E-state index contributed by atoms with van der Waals surface area (Å²) in [4.78, 5) is 70.7. The van der Waals surface area contributed by atoms with E-state index in [1.54, 1.807) is 23.5 Å². The lowest BCUT2D eigenvalue weighted by Gasteiger charge is -2.35. The molecule has 6 atom stereocenters. The second kappa shape index (κ2) is 17.9. The third-order valence-electron chi connectivity index (χ3n) is 12.3. The summed E-state index contributed by atoms with van der Waals surface area (Å²) >= 11 is 2.88. The van der Waals surface area contributed by atoms with Crippen LogP contribution in [-0.4, -0.2) is 85.5 Å². The molecule has 2 saturated carbocycles. The summed E-state index contributed by atoms with van der Waals surface area (Å²) in [6.45, 7) is 15.7. The number of fused-ring (bicyclic) bond motifs is 1. The number of nitrogens with zero attached hydrogens (tertiary/aromatic N) is 4. The van der Waals surface area contributed by atoms with Crippen molar-refractivity contribution in [2.45, 2.75) is 129 Å². The summed E-state index contributed by atoms with van der Waals surface area (Å²) in [5.74, 6) is -1.15. The number of rotatable bonds is 17. The highest BCUT2D eigenvalue weighted by Crippen LogP contribution is 2.74. The molecule has 1 aliphatic heterocycles. The zero-order valence-electron chi connectivity index (χ0n) is 36.1. The fraction of sp³-hybridized carbons (Fsp3) is 0.556. The van der Waals surface area contributed by atoms with Gasteiger partial charge >= 0.3 is 5.97 Å². The molecule has 1 aromatic carbocycles. The number of anilines is 1. The van der Waals surface area contributed by atoms with Gasteiger partial charge in [0.15, 0.2) is 10.9 Å². The van der Waals surface area contributed by atoms with Gasteiger partial charge in [0.1, 0.15) is 29.4 Å². The Bertz CT molecular complexity index is 2330. The highest BCUT2D eigenvalue weighted by molar-refractivity contribution is 7.59. The normalized spacial score (nSPS) is 23.2. The monoisotopic (exact) mass is 891 g/mol. The van der Waals surface area contributed by atoms with Gasteiger partial charge in [0.05, 0.1) is 65.3 Å². The number of benzene rings is 1. The predicted molar refractivity (Wildman–Crippen MR) is 240 cm³/mol. The molecule has 2 unspecified atom stereocenters. The number of allylic oxidation sites excluding steroid dienone is 1. The summed E-state index contributed by atoms with van der Waals surface area (Å²) in [7, 11) is -2.41. The molecule has 4 heterocycles. The van der Waals surface area contributed by atoms with E-state index in [0.29, 0.717) is 45.9 Å². The number of likely N-dealkylation sites (tertiary alicyclic amines) is 1. The van der Waals surface area contributed by atoms with Gasteiger partial charge in [-0.2, -0.15) is 0 Å². The summed E-state index contributed by atoms with van der Waals surface area (Å²) in [5.41, 5.74) is 1.71. The van der Waals surface area contributed by atoms with Crippen LogP contribution in [0.4, 0.5) is 5.13 Å². The minimum atomic E-state index is -4.00. The molecule has 1 saturated heterocycles. The Hall–Kier alpha value is -4.17. The molecule has 2 aliphatic carbocycles. The van der Waals surface area contributed by atoms with Crippen molar-refractivity contribution in [3.05, 3.63) is 58.4 Å². The molecule has 16 heteroatoms. The van der Waals surface area contributed by atoms with E-state index >= 15 is 0 Å². The van der Waals surface area contributed by atoms with E-state index in [-0.39, 0.29) is 61.7 Å². The SMILES string of the molecule is C=C[C@@H]1C[C@]1(CC(=O)[C@@H]1C[C@@H](Oc2cc(-c3csc(NC(C)C)n3)nc3cc(OC)ccc23)CN1C(=O)C(CC(=O)OC1CCCC1)C(C)(C)C)P(=O)(O)Cc1csc(C)n1. The van der Waals surface area contributed by atoms with E-state index in [1.165, 1.54) is 22.7 Å². The summed E-state index contributed by atoms with van der Waals surface area (Å²) in [6.07, 6.45) is 4.43. The summed E-state index contributed by atoms with van der Waals surface area (Å²) < 4.78 is 32.6. The fourth-order valence-electron chi connectivity index (χ4n) is 8.85. The van der Waals surface area contributed by atoms with E-state index in [0.717, 1.165) is 35.8 Å². The average molecular weight is 892 g/mol. The Morgan fingerprint density at radius 2 is 1.84 bits per heavy atom. The lowest BCUT2D eigenvalue weighted by molar-refractivity contribution is -0.156. The van der Waals surface area contributed by atoms with Crippen molar-refractivity contribution in [1.29, 1.82) is 0 Å². The maximum absolute atomic E-state index is 15.0. The molecule has 1 amide bonds. The van der Waals surface area contributed by atoms with Crippen LogP contribution < -0.4 is 14.8 Å². The number of hydrogen-bond acceptors (Lipinski definition) is 13. The molecule has 0 spiro atoms. The molecule has 3 fully saturated rings. The zero-order chi connectivity index (χ0) is 43.9. The van der Waals surface area contributed by atoms with Crippen LogP contribution in [-0.2, 0) is 29.8 Å². The van der Waals surface area contributed by atoms with Gasteiger partial charge in [-0.3, -0.25) is 18.9 Å². The minimum Gasteiger partial charge on any atom is -0.497 e. The Balaban J connectivity index is 1.22. The van der Waals surface area contributed by atoms with Crippen molar-refractivity contribution in [1.82, 2.24) is 19.9 Å². The minimum absolute atomic E-state index is 0.0563. The molecule has 61 heavy (non-hydrogen) atoms. The summed E-state index contributed by atoms with van der Waals surface area (Å²) in [6, 6.07) is 6.56. The number of aromatic nitrogens is 3. The molecule has 2 N–H and O–H groups in total. The molecule has 0 radical (unpaired) electrons. The number of ether oxygens (including phenoxy) is 3. The first-order chi connectivity index (χ1) is 28.9. The van der Waals surface area contributed by atoms with Crippen LogP contribution in [0.15, 0.2) is 47.7 Å². The maximum Gasteiger partial charge on any atom is 0.306 e. The van der Waals surface area contributed by atoms with Crippen LogP contribution in [0.2, 0.25) is 0 Å². The van der Waals surface area contributed by atoms with E-state index < -0.39 is 42.0 Å². The van der Waals surface area contributed by atoms with E-state index in [2.05, 4.69) is 16.9 Å². The second-order valence-electron chi connectivity index (χ2n) is 18.2. The van der Waals surface area contributed by atoms with Crippen molar-refractivity contribution < 1.29 is 38.1 Å². The topological polar surface area (TPSA) is 170 Å². The van der Waals surface area contributed by atoms with Crippen LogP contribution >= 0.6 is 30.0 Å². The molecule has 3 aliphatic rings. The molecule has 328 valence electrons. The number of nitrogens with one attached hydrogen (secondary N) is 1. The third kappa shape index (κ3) is 9.90. The van der Waals surface area contributed by atoms with Crippen molar-refractivity contribution in [2.75, 3.05) is 19.0 Å². The van der Waals surface area contributed by atoms with Gasteiger partial charge in [0, 0.05) is 47.2 Å². The van der Waals surface area contributed by atoms with E-state index in [1.807, 2.05) is 71.2 Å². The number of thiazole rings is 2. The van der Waals surface area contributed by atoms with Crippen molar-refractivity contribution in [3.8, 4) is 22.9 Å². The van der Waals surface area contributed by atoms with Crippen LogP contribution in [0, 0.1) is 24.2 Å². The fourth-order valence-corrected chi connectivity index (χ4v) is 12.9. The van der Waals surface area contributed by atoms with Crippen molar-refractivity contribution >= 4 is 63.7 Å². The Kier molecular flexibility index (Phi) is 13.2. The van der Waals surface area contributed by atoms with Gasteiger partial charge in [-0.25, -0.2) is 15.0 Å². The summed E-state index contributed by atoms with van der Waals surface area (Å²) in [5, 5.41) is 8.08. The second-order valence-corrected chi connectivity index (χ2v) is 22.8. The number of Topliss-reactive ketones (excluding diaryl/α,β-unsaturated/α-hetero) is 1. The number of carbonyl (C=O) groups excluding carboxylic acids is 3. The number of carbonyl (C=O) groups is 3. The van der Waals surface area contributed by atoms with Crippen LogP contribution in [0.5, 0.6) is 11.5 Å². The van der Waals surface area contributed by atoms with Crippen molar-refractivity contribution in [2.24, 2.45) is 17.3 Å². The van der Waals surface area contributed by atoms with Crippen molar-refractivity contribution in [3.63, 3.8) is 0 Å². The molecule has 4 aromatic rings. The van der Waals surface area contributed by atoms with E-state index in [9.17, 15) is 23.8 Å². The highest BCUT2D eigenvalue weighted by Gasteiger charge is 2.65. The van der Waals surface area contributed by atoms with Gasteiger partial charge in [-0.05, 0) is 76.3 Å². The number of methoxy groups -OCH3 is 1. The molecule has 3 aromatic heterocycles. The van der Waals surface area contributed by atoms with Gasteiger partial charge in [0.2, 0.25) is 13.3 Å². The first kappa shape index (κ1) is 44.9. The Morgan fingerprint density at radius 3 is 2.48 bits per heavy atom. The third-order valence-corrected chi connectivity index (χ3v) is 16.7. The van der Waals surface area contributed by atoms with Gasteiger partial charge in [-0.1, -0.05) is 26.8 Å². The number of esters is 1. The molecule has 13 nitrogen and oxygen atoms in total. The van der Waals surface area contributed by atoms with Gasteiger partial charge in [0.25, 0.3) is 0 Å². The number of aryl methyl sites for hydroxylation is 1. The first-order valence-electron chi connectivity index (χ1n) is 21.2. The molecular weight excluding hydrogens is 834 g/mol. The zero-order valence-corrected chi connectivity index (χ0v) is 38.7.